The second-order valence-corrected chi connectivity index (χ2v) is 13.3. The van der Waals surface area contributed by atoms with Crippen LogP contribution in [0, 0.1) is 29.6 Å². The highest BCUT2D eigenvalue weighted by Crippen LogP contribution is 2.59. The van der Waals surface area contributed by atoms with Gasteiger partial charge in [-0.3, -0.25) is 4.79 Å². The molecule has 0 amide bonds. The molecule has 47 heavy (non-hydrogen) atoms. The fourth-order valence-electron chi connectivity index (χ4n) is 8.66. The van der Waals surface area contributed by atoms with Gasteiger partial charge in [0.25, 0.3) is 0 Å². The molecule has 0 saturated heterocycles. The Hall–Kier alpha value is -5.04. The summed E-state index contributed by atoms with van der Waals surface area (Å²) in [6.07, 6.45) is 10.8. The molecule has 4 fully saturated rings. The first-order valence-electron chi connectivity index (χ1n) is 16.2. The summed E-state index contributed by atoms with van der Waals surface area (Å²) in [5.74, 6) is 9.52. The maximum Gasteiger partial charge on any atom is 0.343 e. The van der Waals surface area contributed by atoms with Crippen molar-refractivity contribution < 1.29 is 19.0 Å². The predicted molar refractivity (Wildman–Crippen MR) is 179 cm³/mol. The first-order valence-corrected chi connectivity index (χ1v) is 16.2. The number of carbonyl (C=O) groups is 1. The Bertz CT molecular complexity index is 1990. The highest BCUT2D eigenvalue weighted by molar-refractivity contribution is 5.94. The number of ether oxygens (including phenoxy) is 3. The normalized spacial score (nSPS) is 22.5. The van der Waals surface area contributed by atoms with Crippen molar-refractivity contribution in [2.24, 2.45) is 17.8 Å². The molecule has 0 unspecified atom stereocenters. The van der Waals surface area contributed by atoms with Gasteiger partial charge in [-0.25, -0.2) is 9.78 Å². The van der Waals surface area contributed by atoms with E-state index in [1.807, 2.05) is 24.3 Å². The largest absolute Gasteiger partial charge is 0.493 e. The number of fused-ring (bicyclic) bond motifs is 1. The molecule has 10 nitrogen and oxygen atoms in total. The lowest BCUT2D eigenvalue weighted by molar-refractivity contribution is -0.0411. The van der Waals surface area contributed by atoms with Crippen LogP contribution in [-0.4, -0.2) is 41.3 Å². The number of aromatic nitrogens is 3. The van der Waals surface area contributed by atoms with Crippen LogP contribution < -0.4 is 26.4 Å². The minimum absolute atomic E-state index is 0.0923. The molecule has 8 rings (SSSR count). The summed E-state index contributed by atoms with van der Waals surface area (Å²) >= 11 is 0. The number of rotatable bonds is 7. The molecule has 4 aliphatic carbocycles. The fourth-order valence-corrected chi connectivity index (χ4v) is 8.66. The second-order valence-electron chi connectivity index (χ2n) is 13.3. The average molecular weight is 634 g/mol. The number of anilines is 2. The molecule has 4 aliphatic rings. The lowest BCUT2D eigenvalue weighted by atomic mass is 9.53. The van der Waals surface area contributed by atoms with Gasteiger partial charge in [-0.15, -0.1) is 0 Å². The molecular weight excluding hydrogens is 594 g/mol. The quantitative estimate of drug-likeness (QED) is 0.211. The molecule has 2 aromatic heterocycles. The van der Waals surface area contributed by atoms with Gasteiger partial charge in [-0.05, 0) is 99.1 Å². The molecule has 2 aromatic carbocycles. The zero-order chi connectivity index (χ0) is 32.9. The van der Waals surface area contributed by atoms with Crippen LogP contribution in [-0.2, 0) is 16.7 Å². The average Bonchev–Trinajstić information content (AvgIpc) is 3.04. The summed E-state index contributed by atoms with van der Waals surface area (Å²) in [6.45, 7) is 1.96. The van der Waals surface area contributed by atoms with Crippen molar-refractivity contribution in [2.75, 3.05) is 32.3 Å². The van der Waals surface area contributed by atoms with Gasteiger partial charge in [-0.1, -0.05) is 11.8 Å². The monoisotopic (exact) mass is 633 g/mol. The molecule has 2 heterocycles. The van der Waals surface area contributed by atoms with Crippen molar-refractivity contribution in [1.29, 1.82) is 0 Å². The van der Waals surface area contributed by atoms with E-state index >= 15 is 0 Å². The van der Waals surface area contributed by atoms with E-state index in [1.165, 1.54) is 19.3 Å². The van der Waals surface area contributed by atoms with E-state index in [0.29, 0.717) is 52.4 Å². The summed E-state index contributed by atoms with van der Waals surface area (Å²) in [6, 6.07) is 9.41. The maximum absolute atomic E-state index is 13.7. The smallest absolute Gasteiger partial charge is 0.343 e. The third kappa shape index (κ3) is 5.54. The minimum atomic E-state index is -0.574. The summed E-state index contributed by atoms with van der Waals surface area (Å²) in [5, 5.41) is 0.501. The number of esters is 1. The van der Waals surface area contributed by atoms with Crippen LogP contribution in [0.25, 0.3) is 10.9 Å². The van der Waals surface area contributed by atoms with Gasteiger partial charge in [-0.2, -0.15) is 4.98 Å². The molecule has 0 spiro atoms. The van der Waals surface area contributed by atoms with E-state index in [1.54, 1.807) is 39.6 Å². The van der Waals surface area contributed by atoms with Crippen molar-refractivity contribution >= 4 is 28.6 Å². The number of nitrogens with two attached hydrogens (primary N) is 2. The van der Waals surface area contributed by atoms with Gasteiger partial charge < -0.3 is 30.2 Å². The summed E-state index contributed by atoms with van der Waals surface area (Å²) in [4.78, 5) is 34.9. The molecule has 242 valence electrons. The Balaban J connectivity index is 1.33. The van der Waals surface area contributed by atoms with Gasteiger partial charge in [0, 0.05) is 40.9 Å². The van der Waals surface area contributed by atoms with E-state index < -0.39 is 5.97 Å². The van der Waals surface area contributed by atoms with Crippen LogP contribution >= 0.6 is 0 Å². The van der Waals surface area contributed by atoms with E-state index in [2.05, 4.69) is 26.4 Å². The number of benzene rings is 2. The summed E-state index contributed by atoms with van der Waals surface area (Å²) < 4.78 is 18.9. The van der Waals surface area contributed by atoms with Crippen LogP contribution in [0.2, 0.25) is 0 Å². The lowest BCUT2D eigenvalue weighted by Gasteiger charge is -2.57. The first kappa shape index (κ1) is 30.6. The minimum Gasteiger partial charge on any atom is -0.493 e. The lowest BCUT2D eigenvalue weighted by Crippen LogP contribution is -2.52. The number of carbonyl (C=O) groups excluding carboxylic acids is 1. The van der Waals surface area contributed by atoms with E-state index in [-0.39, 0.29) is 29.1 Å². The zero-order valence-corrected chi connectivity index (χ0v) is 27.0. The van der Waals surface area contributed by atoms with Crippen molar-refractivity contribution in [3.63, 3.8) is 0 Å². The Labute approximate surface area is 273 Å². The van der Waals surface area contributed by atoms with Crippen molar-refractivity contribution in [2.45, 2.75) is 57.4 Å². The van der Waals surface area contributed by atoms with Crippen LogP contribution in [0.5, 0.6) is 11.5 Å². The third-order valence-electron chi connectivity index (χ3n) is 10.2. The van der Waals surface area contributed by atoms with Crippen LogP contribution in [0.4, 0.5) is 11.8 Å². The van der Waals surface area contributed by atoms with Crippen LogP contribution in [0.15, 0.2) is 47.5 Å². The Kier molecular flexibility index (Phi) is 7.79. The number of nitrogens with zero attached hydrogens (tertiary/aromatic N) is 3. The van der Waals surface area contributed by atoms with E-state index in [9.17, 15) is 9.59 Å². The molecule has 0 radical (unpaired) electrons. The Morgan fingerprint density at radius 2 is 1.74 bits per heavy atom. The van der Waals surface area contributed by atoms with Gasteiger partial charge in [0.1, 0.15) is 11.4 Å². The molecule has 4 saturated carbocycles. The predicted octanol–water partition coefficient (Wildman–Crippen LogP) is 5.07. The highest BCUT2D eigenvalue weighted by Gasteiger charge is 2.52. The Morgan fingerprint density at radius 3 is 2.38 bits per heavy atom. The molecule has 4 aromatic rings. The number of nitrogen functional groups attached to an aromatic ring is 2. The summed E-state index contributed by atoms with van der Waals surface area (Å²) in [5.41, 5.74) is 15.2. The third-order valence-corrected chi connectivity index (χ3v) is 10.2. The zero-order valence-electron chi connectivity index (χ0n) is 27.0. The second kappa shape index (κ2) is 12.0. The number of methoxy groups -OCH3 is 2. The van der Waals surface area contributed by atoms with Crippen molar-refractivity contribution in [3.8, 4) is 23.3 Å². The van der Waals surface area contributed by atoms with E-state index in [4.69, 9.17) is 25.7 Å². The molecule has 0 aliphatic heterocycles. The van der Waals surface area contributed by atoms with Crippen molar-refractivity contribution in [3.05, 3.63) is 80.8 Å². The molecular formula is C37H39N5O5. The maximum atomic E-state index is 13.7. The SMILES string of the molecule is CCOC(=O)c1cn(C23CC4CC(CC(C4)C2)C3)c2cc(C#Cc3cc(Cc4cnc(N)nc4N)cc(OC)c3OC)ccc2c1=O. The first-order chi connectivity index (χ1) is 22.7. The van der Waals surface area contributed by atoms with Gasteiger partial charge in [0.05, 0.1) is 31.9 Å². The van der Waals surface area contributed by atoms with Crippen molar-refractivity contribution in [1.82, 2.24) is 14.5 Å². The fraction of sp³-hybridized carbons (Fsp3) is 0.405. The van der Waals surface area contributed by atoms with Gasteiger partial charge >= 0.3 is 5.97 Å². The highest BCUT2D eigenvalue weighted by atomic mass is 16.5. The number of hydrogen-bond donors (Lipinski definition) is 2. The number of pyridine rings is 1. The topological polar surface area (TPSA) is 145 Å². The van der Waals surface area contributed by atoms with E-state index in [0.717, 1.165) is 41.5 Å². The Morgan fingerprint density at radius 1 is 1.02 bits per heavy atom. The van der Waals surface area contributed by atoms with Gasteiger partial charge in [0.15, 0.2) is 11.5 Å². The van der Waals surface area contributed by atoms with Crippen LogP contribution in [0.1, 0.15) is 78.1 Å². The van der Waals surface area contributed by atoms with Gasteiger partial charge in [0.2, 0.25) is 11.4 Å². The molecule has 0 atom stereocenters. The molecule has 10 heteroatoms. The standard InChI is InChI=1S/C37H39N5O5/c1-4-47-35(44)29-20-42(37-16-23-9-24(17-37)11-25(10-23)18-37)30-14-21(6-8-28(30)32(29)43)5-7-26-12-22(15-31(45-2)33(26)46-3)13-27-19-40-36(39)41-34(27)38/h6,8,12,14-15,19-20,23-25H,4,9-11,13,16-18H2,1-3H3,(H4,38,39,40,41). The molecule has 4 bridgehead atoms. The number of hydrogen-bond acceptors (Lipinski definition) is 9. The van der Waals surface area contributed by atoms with Crippen LogP contribution in [0.3, 0.4) is 0 Å². The molecule has 4 N–H and O–H groups in total. The summed E-state index contributed by atoms with van der Waals surface area (Å²) in [7, 11) is 3.16.